The van der Waals surface area contributed by atoms with Crippen LogP contribution in [0.4, 0.5) is 0 Å². The van der Waals surface area contributed by atoms with E-state index in [2.05, 4.69) is 42.3 Å². The zero-order chi connectivity index (χ0) is 17.9. The monoisotopic (exact) mass is 364 g/mol. The summed E-state index contributed by atoms with van der Waals surface area (Å²) in [6.45, 7) is 0.408. The maximum atomic E-state index is 12.2. The largest absolute Gasteiger partial charge is 0.348 e. The Morgan fingerprint density at radius 1 is 1.23 bits per heavy atom. The number of nitrogens with one attached hydrogen (secondary N) is 3. The first-order chi connectivity index (χ1) is 12.7. The van der Waals surface area contributed by atoms with Crippen LogP contribution < -0.4 is 5.32 Å². The number of H-pyrrole nitrogens is 2. The predicted molar refractivity (Wildman–Crippen MR) is 98.8 cm³/mol. The Kier molecular flexibility index (Phi) is 4.25. The second-order valence-electron chi connectivity index (χ2n) is 5.55. The van der Waals surface area contributed by atoms with Crippen molar-refractivity contribution >= 4 is 39.4 Å². The van der Waals surface area contributed by atoms with Crippen LogP contribution in [-0.2, 0) is 0 Å². The SMILES string of the molecule is O=C(NCCC#Cc1cncc2[nH]ncc12)c1nc2c(Cl)cccc2[nH]1. The highest BCUT2D eigenvalue weighted by atomic mass is 35.5. The maximum Gasteiger partial charge on any atom is 0.287 e. The molecule has 0 saturated carbocycles. The summed E-state index contributed by atoms with van der Waals surface area (Å²) in [4.78, 5) is 23.5. The first-order valence-corrected chi connectivity index (χ1v) is 8.28. The Bertz CT molecular complexity index is 1170. The summed E-state index contributed by atoms with van der Waals surface area (Å²) in [7, 11) is 0. The molecule has 0 unspecified atom stereocenters. The molecule has 0 aliphatic rings. The van der Waals surface area contributed by atoms with Crippen LogP contribution in [0.1, 0.15) is 22.6 Å². The Morgan fingerprint density at radius 3 is 3.04 bits per heavy atom. The third kappa shape index (κ3) is 3.10. The van der Waals surface area contributed by atoms with Gasteiger partial charge in [-0.05, 0) is 12.1 Å². The van der Waals surface area contributed by atoms with Crippen LogP contribution in [0, 0.1) is 11.8 Å². The fourth-order valence-corrected chi connectivity index (χ4v) is 2.77. The molecule has 0 radical (unpaired) electrons. The van der Waals surface area contributed by atoms with Gasteiger partial charge in [-0.25, -0.2) is 4.98 Å². The first-order valence-electron chi connectivity index (χ1n) is 7.91. The van der Waals surface area contributed by atoms with Crippen molar-refractivity contribution in [3.05, 3.63) is 53.2 Å². The number of carbonyl (C=O) groups is 1. The van der Waals surface area contributed by atoms with Crippen LogP contribution in [-0.4, -0.2) is 37.6 Å². The molecular weight excluding hydrogens is 352 g/mol. The van der Waals surface area contributed by atoms with Crippen molar-refractivity contribution in [1.82, 2.24) is 30.5 Å². The van der Waals surface area contributed by atoms with Crippen molar-refractivity contribution in [2.75, 3.05) is 6.54 Å². The molecule has 4 aromatic rings. The summed E-state index contributed by atoms with van der Waals surface area (Å²) >= 11 is 6.07. The molecule has 3 N–H and O–H groups in total. The summed E-state index contributed by atoms with van der Waals surface area (Å²) in [5, 5.41) is 11.0. The topological polar surface area (TPSA) is 99.3 Å². The molecule has 0 bridgehead atoms. The molecule has 1 amide bonds. The average molecular weight is 365 g/mol. The number of nitrogens with zero attached hydrogens (tertiary/aromatic N) is 3. The number of benzene rings is 1. The predicted octanol–water partition coefficient (Wildman–Crippen LogP) is 2.66. The molecular formula is C18H13ClN6O. The minimum Gasteiger partial charge on any atom is -0.348 e. The molecule has 3 aromatic heterocycles. The Hall–Kier alpha value is -3.37. The highest BCUT2D eigenvalue weighted by Gasteiger charge is 2.12. The van der Waals surface area contributed by atoms with Gasteiger partial charge >= 0.3 is 0 Å². The minimum atomic E-state index is -0.294. The van der Waals surface area contributed by atoms with Crippen molar-refractivity contribution in [1.29, 1.82) is 0 Å². The number of imidazole rings is 1. The molecule has 1 aromatic carbocycles. The van der Waals surface area contributed by atoms with E-state index in [1.807, 2.05) is 6.07 Å². The Balaban J connectivity index is 1.38. The number of aromatic amines is 2. The van der Waals surface area contributed by atoms with Gasteiger partial charge in [0.1, 0.15) is 5.52 Å². The number of hydrogen-bond acceptors (Lipinski definition) is 4. The summed E-state index contributed by atoms with van der Waals surface area (Å²) in [5.41, 5.74) is 2.95. The number of rotatable bonds is 3. The summed E-state index contributed by atoms with van der Waals surface area (Å²) in [6, 6.07) is 5.36. The lowest BCUT2D eigenvalue weighted by molar-refractivity contribution is 0.0945. The summed E-state index contributed by atoms with van der Waals surface area (Å²) in [5.74, 6) is 6.02. The van der Waals surface area contributed by atoms with Crippen molar-refractivity contribution < 1.29 is 4.79 Å². The smallest absolute Gasteiger partial charge is 0.287 e. The molecule has 0 fully saturated rings. The Morgan fingerprint density at radius 2 is 2.15 bits per heavy atom. The third-order valence-corrected chi connectivity index (χ3v) is 4.11. The van der Waals surface area contributed by atoms with Crippen LogP contribution >= 0.6 is 11.6 Å². The second-order valence-corrected chi connectivity index (χ2v) is 5.95. The van der Waals surface area contributed by atoms with E-state index in [1.165, 1.54) is 0 Å². The van der Waals surface area contributed by atoms with Crippen LogP contribution in [0.2, 0.25) is 5.02 Å². The van der Waals surface area contributed by atoms with Gasteiger partial charge in [-0.3, -0.25) is 14.9 Å². The number of pyridine rings is 1. The van der Waals surface area contributed by atoms with Crippen molar-refractivity contribution in [2.24, 2.45) is 0 Å². The molecule has 8 heteroatoms. The van der Waals surface area contributed by atoms with E-state index in [4.69, 9.17) is 11.6 Å². The molecule has 3 heterocycles. The highest BCUT2D eigenvalue weighted by Crippen LogP contribution is 2.20. The van der Waals surface area contributed by atoms with Gasteiger partial charge in [0.15, 0.2) is 5.82 Å². The highest BCUT2D eigenvalue weighted by molar-refractivity contribution is 6.35. The minimum absolute atomic E-state index is 0.230. The lowest BCUT2D eigenvalue weighted by Gasteiger charge is -1.98. The van der Waals surface area contributed by atoms with Crippen molar-refractivity contribution in [3.63, 3.8) is 0 Å². The first kappa shape index (κ1) is 16.1. The van der Waals surface area contributed by atoms with Gasteiger partial charge < -0.3 is 10.3 Å². The molecule has 0 aliphatic heterocycles. The summed E-state index contributed by atoms with van der Waals surface area (Å²) in [6.07, 6.45) is 5.62. The van der Waals surface area contributed by atoms with Crippen LogP contribution in [0.5, 0.6) is 0 Å². The zero-order valence-corrected chi connectivity index (χ0v) is 14.3. The standard InChI is InChI=1S/C18H13ClN6O/c19-13-5-3-6-14-16(13)24-17(23-14)18(26)21-7-2-1-4-11-8-20-10-15-12(11)9-22-25-15/h3,5-6,8-10H,2,7H2,(H,21,26)(H,22,25)(H,23,24). The molecule has 0 spiro atoms. The lowest BCUT2D eigenvalue weighted by atomic mass is 10.2. The van der Waals surface area contributed by atoms with E-state index < -0.39 is 0 Å². The number of halogens is 1. The van der Waals surface area contributed by atoms with Crippen LogP contribution in [0.15, 0.2) is 36.8 Å². The normalized spacial score (nSPS) is 10.7. The fourth-order valence-electron chi connectivity index (χ4n) is 2.55. The molecule has 0 aliphatic carbocycles. The number of para-hydroxylation sites is 1. The Labute approximate surface area is 153 Å². The maximum absolute atomic E-state index is 12.2. The van der Waals surface area contributed by atoms with Gasteiger partial charge in [0, 0.05) is 24.5 Å². The zero-order valence-electron chi connectivity index (χ0n) is 13.5. The third-order valence-electron chi connectivity index (χ3n) is 3.80. The molecule has 26 heavy (non-hydrogen) atoms. The molecule has 0 atom stereocenters. The number of carbonyl (C=O) groups excluding carboxylic acids is 1. The number of aromatic nitrogens is 5. The second kappa shape index (κ2) is 6.86. The summed E-state index contributed by atoms with van der Waals surface area (Å²) < 4.78 is 0. The number of fused-ring (bicyclic) bond motifs is 2. The molecule has 0 saturated heterocycles. The van der Waals surface area contributed by atoms with Crippen LogP contribution in [0.25, 0.3) is 21.9 Å². The van der Waals surface area contributed by atoms with E-state index in [9.17, 15) is 4.79 Å². The fraction of sp³-hybridized carbons (Fsp3) is 0.111. The van der Waals surface area contributed by atoms with Crippen molar-refractivity contribution in [2.45, 2.75) is 6.42 Å². The number of amides is 1. The molecule has 128 valence electrons. The van der Waals surface area contributed by atoms with Crippen LogP contribution in [0.3, 0.4) is 0 Å². The van der Waals surface area contributed by atoms with E-state index in [1.54, 1.807) is 30.7 Å². The van der Waals surface area contributed by atoms with E-state index in [0.29, 0.717) is 23.5 Å². The van der Waals surface area contributed by atoms with E-state index >= 15 is 0 Å². The van der Waals surface area contributed by atoms with Gasteiger partial charge in [0.25, 0.3) is 5.91 Å². The van der Waals surface area contributed by atoms with Gasteiger partial charge in [-0.2, -0.15) is 5.10 Å². The lowest BCUT2D eigenvalue weighted by Crippen LogP contribution is -2.25. The number of hydrogen-bond donors (Lipinski definition) is 3. The molecule has 7 nitrogen and oxygen atoms in total. The van der Waals surface area contributed by atoms with Gasteiger partial charge in [-0.1, -0.05) is 29.5 Å². The van der Waals surface area contributed by atoms with E-state index in [-0.39, 0.29) is 11.7 Å². The van der Waals surface area contributed by atoms with Gasteiger partial charge in [0.05, 0.1) is 34.0 Å². The quantitative estimate of drug-likeness (QED) is 0.384. The molecule has 4 rings (SSSR count). The van der Waals surface area contributed by atoms with Gasteiger partial charge in [0.2, 0.25) is 0 Å². The van der Waals surface area contributed by atoms with E-state index in [0.717, 1.165) is 22.0 Å². The van der Waals surface area contributed by atoms with Crippen molar-refractivity contribution in [3.8, 4) is 11.8 Å². The average Bonchev–Trinajstić information content (AvgIpc) is 3.29. The van der Waals surface area contributed by atoms with Gasteiger partial charge in [-0.15, -0.1) is 0 Å².